The molecule has 1 N–H and O–H groups in total. The van der Waals surface area contributed by atoms with E-state index in [1.54, 1.807) is 7.11 Å². The number of nitrogens with one attached hydrogen (secondary N) is 1. The summed E-state index contributed by atoms with van der Waals surface area (Å²) in [5.74, 6) is 1.00. The van der Waals surface area contributed by atoms with Crippen LogP contribution in [0.3, 0.4) is 0 Å². The standard InChI is InChI=1S/C15H25N3O/c1-17(2)14-4-5-15(19-3)13(12-14)6-9-18-10-7-16-8-11-18/h4-5,12,16H,6-11H2,1-3H3. The molecule has 1 heterocycles. The highest BCUT2D eigenvalue weighted by Crippen LogP contribution is 2.24. The summed E-state index contributed by atoms with van der Waals surface area (Å²) < 4.78 is 5.47. The summed E-state index contributed by atoms with van der Waals surface area (Å²) in [5.41, 5.74) is 2.53. The minimum absolute atomic E-state index is 1.00. The predicted molar refractivity (Wildman–Crippen MR) is 80.3 cm³/mol. The Morgan fingerprint density at radius 1 is 1.26 bits per heavy atom. The molecule has 0 aliphatic carbocycles. The van der Waals surface area contributed by atoms with Gasteiger partial charge in [0.15, 0.2) is 0 Å². The molecule has 0 spiro atoms. The van der Waals surface area contributed by atoms with Crippen LogP contribution in [0.1, 0.15) is 5.56 Å². The third kappa shape index (κ3) is 3.85. The fourth-order valence-electron chi connectivity index (χ4n) is 2.45. The average Bonchev–Trinajstić information content (AvgIpc) is 2.45. The first-order chi connectivity index (χ1) is 9.20. The van der Waals surface area contributed by atoms with E-state index < -0.39 is 0 Å². The van der Waals surface area contributed by atoms with Crippen molar-refractivity contribution in [3.05, 3.63) is 23.8 Å². The van der Waals surface area contributed by atoms with Gasteiger partial charge in [-0.1, -0.05) is 0 Å². The van der Waals surface area contributed by atoms with Crippen LogP contribution in [0, 0.1) is 0 Å². The van der Waals surface area contributed by atoms with Gasteiger partial charge >= 0.3 is 0 Å². The van der Waals surface area contributed by atoms with Crippen LogP contribution in [0.2, 0.25) is 0 Å². The number of methoxy groups -OCH3 is 1. The van der Waals surface area contributed by atoms with Crippen LogP contribution in [0.5, 0.6) is 5.75 Å². The minimum atomic E-state index is 1.00. The van der Waals surface area contributed by atoms with Crippen molar-refractivity contribution in [3.8, 4) is 5.75 Å². The van der Waals surface area contributed by atoms with E-state index in [0.29, 0.717) is 0 Å². The molecule has 1 aromatic carbocycles. The van der Waals surface area contributed by atoms with Gasteiger partial charge in [-0.3, -0.25) is 0 Å². The second kappa shape index (κ2) is 6.78. The molecule has 1 saturated heterocycles. The zero-order valence-electron chi connectivity index (χ0n) is 12.3. The minimum Gasteiger partial charge on any atom is -0.496 e. The molecular formula is C15H25N3O. The number of rotatable bonds is 5. The van der Waals surface area contributed by atoms with Gasteiger partial charge in [0.05, 0.1) is 7.11 Å². The quantitative estimate of drug-likeness (QED) is 0.864. The lowest BCUT2D eigenvalue weighted by atomic mass is 10.1. The predicted octanol–water partition coefficient (Wildman–Crippen LogP) is 1.21. The average molecular weight is 263 g/mol. The molecule has 0 saturated carbocycles. The Balaban J connectivity index is 2.02. The zero-order chi connectivity index (χ0) is 13.7. The summed E-state index contributed by atoms with van der Waals surface area (Å²) in [4.78, 5) is 4.64. The zero-order valence-corrected chi connectivity index (χ0v) is 12.3. The molecule has 4 nitrogen and oxygen atoms in total. The van der Waals surface area contributed by atoms with Crippen LogP contribution in [0.25, 0.3) is 0 Å². The molecule has 0 radical (unpaired) electrons. The van der Waals surface area contributed by atoms with Crippen molar-refractivity contribution in [2.75, 3.05) is 58.8 Å². The Hall–Kier alpha value is -1.26. The van der Waals surface area contributed by atoms with Gasteiger partial charge in [0, 0.05) is 52.5 Å². The van der Waals surface area contributed by atoms with E-state index in [1.165, 1.54) is 11.3 Å². The highest BCUT2D eigenvalue weighted by molar-refractivity contribution is 5.52. The number of piperazine rings is 1. The van der Waals surface area contributed by atoms with Crippen LogP contribution in [0.4, 0.5) is 5.69 Å². The first kappa shape index (κ1) is 14.2. The Bertz CT molecular complexity index is 400. The van der Waals surface area contributed by atoms with Crippen LogP contribution in [0.15, 0.2) is 18.2 Å². The summed E-state index contributed by atoms with van der Waals surface area (Å²) in [5, 5.41) is 3.39. The smallest absolute Gasteiger partial charge is 0.122 e. The van der Waals surface area contributed by atoms with Gasteiger partial charge in [0.25, 0.3) is 0 Å². The third-order valence-corrected chi connectivity index (χ3v) is 3.69. The van der Waals surface area contributed by atoms with Crippen molar-refractivity contribution < 1.29 is 4.74 Å². The van der Waals surface area contributed by atoms with Gasteiger partial charge in [-0.15, -0.1) is 0 Å². The highest BCUT2D eigenvalue weighted by atomic mass is 16.5. The second-order valence-electron chi connectivity index (χ2n) is 5.23. The van der Waals surface area contributed by atoms with Gasteiger partial charge < -0.3 is 19.9 Å². The van der Waals surface area contributed by atoms with Crippen LogP contribution >= 0.6 is 0 Å². The summed E-state index contributed by atoms with van der Waals surface area (Å²) in [6.07, 6.45) is 1.05. The van der Waals surface area contributed by atoms with Crippen LogP contribution in [-0.4, -0.2) is 58.8 Å². The summed E-state index contributed by atoms with van der Waals surface area (Å²) in [6.45, 7) is 5.62. The monoisotopic (exact) mass is 263 g/mol. The molecule has 2 rings (SSSR count). The first-order valence-corrected chi connectivity index (χ1v) is 6.98. The SMILES string of the molecule is COc1ccc(N(C)C)cc1CCN1CCNCC1. The summed E-state index contributed by atoms with van der Waals surface area (Å²) >= 11 is 0. The van der Waals surface area contributed by atoms with Crippen molar-refractivity contribution >= 4 is 5.69 Å². The molecule has 1 aromatic rings. The number of benzene rings is 1. The lowest BCUT2D eigenvalue weighted by Crippen LogP contribution is -2.44. The first-order valence-electron chi connectivity index (χ1n) is 6.98. The van der Waals surface area contributed by atoms with Gasteiger partial charge in [-0.2, -0.15) is 0 Å². The van der Waals surface area contributed by atoms with E-state index in [9.17, 15) is 0 Å². The molecule has 106 valence electrons. The van der Waals surface area contributed by atoms with E-state index in [2.05, 4.69) is 47.4 Å². The van der Waals surface area contributed by atoms with Crippen molar-refractivity contribution in [1.82, 2.24) is 10.2 Å². The Morgan fingerprint density at radius 3 is 2.63 bits per heavy atom. The maximum absolute atomic E-state index is 5.47. The summed E-state index contributed by atoms with van der Waals surface area (Å²) in [6, 6.07) is 6.41. The molecule has 0 atom stereocenters. The molecular weight excluding hydrogens is 238 g/mol. The second-order valence-corrected chi connectivity index (χ2v) is 5.23. The van der Waals surface area contributed by atoms with E-state index >= 15 is 0 Å². The molecule has 0 bridgehead atoms. The van der Waals surface area contributed by atoms with Gasteiger partial charge in [0.2, 0.25) is 0 Å². The fraction of sp³-hybridized carbons (Fsp3) is 0.600. The lowest BCUT2D eigenvalue weighted by Gasteiger charge is -2.27. The van der Waals surface area contributed by atoms with Crippen molar-refractivity contribution in [3.63, 3.8) is 0 Å². The molecule has 1 aliphatic heterocycles. The normalized spacial score (nSPS) is 16.4. The molecule has 0 amide bonds. The van der Waals surface area contributed by atoms with E-state index in [1.807, 2.05) is 0 Å². The van der Waals surface area contributed by atoms with Gasteiger partial charge in [0.1, 0.15) is 5.75 Å². The third-order valence-electron chi connectivity index (χ3n) is 3.69. The van der Waals surface area contributed by atoms with E-state index in [4.69, 9.17) is 4.74 Å². The lowest BCUT2D eigenvalue weighted by molar-refractivity contribution is 0.243. The molecule has 0 unspecified atom stereocenters. The van der Waals surface area contributed by atoms with Gasteiger partial charge in [-0.05, 0) is 30.2 Å². The topological polar surface area (TPSA) is 27.7 Å². The molecule has 4 heteroatoms. The Morgan fingerprint density at radius 2 is 2.00 bits per heavy atom. The van der Waals surface area contributed by atoms with Crippen LogP contribution in [-0.2, 0) is 6.42 Å². The number of hydrogen-bond donors (Lipinski definition) is 1. The number of ether oxygens (including phenoxy) is 1. The van der Waals surface area contributed by atoms with Crippen molar-refractivity contribution in [2.24, 2.45) is 0 Å². The fourth-order valence-corrected chi connectivity index (χ4v) is 2.45. The number of hydrogen-bond acceptors (Lipinski definition) is 4. The van der Waals surface area contributed by atoms with Gasteiger partial charge in [-0.25, -0.2) is 0 Å². The molecule has 1 fully saturated rings. The molecule has 1 aliphatic rings. The number of nitrogens with zero attached hydrogens (tertiary/aromatic N) is 2. The Labute approximate surface area is 116 Å². The molecule has 19 heavy (non-hydrogen) atoms. The maximum atomic E-state index is 5.47. The van der Waals surface area contributed by atoms with Crippen molar-refractivity contribution in [1.29, 1.82) is 0 Å². The van der Waals surface area contributed by atoms with E-state index in [-0.39, 0.29) is 0 Å². The largest absolute Gasteiger partial charge is 0.496 e. The Kier molecular flexibility index (Phi) is 5.05. The number of anilines is 1. The van der Waals surface area contributed by atoms with E-state index in [0.717, 1.165) is 44.9 Å². The van der Waals surface area contributed by atoms with Crippen molar-refractivity contribution in [2.45, 2.75) is 6.42 Å². The maximum Gasteiger partial charge on any atom is 0.122 e. The summed E-state index contributed by atoms with van der Waals surface area (Å²) in [7, 11) is 5.89. The van der Waals surface area contributed by atoms with Crippen LogP contribution < -0.4 is 15.0 Å². The highest BCUT2D eigenvalue weighted by Gasteiger charge is 2.11. The molecule has 0 aromatic heterocycles.